The quantitative estimate of drug-likeness (QED) is 0.651. The van der Waals surface area contributed by atoms with Gasteiger partial charge in [-0.1, -0.05) is 12.1 Å². The largest absolute Gasteiger partial charge is 0.496 e. The molecule has 20 heavy (non-hydrogen) atoms. The van der Waals surface area contributed by atoms with Crippen LogP contribution in [0.5, 0.6) is 5.75 Å². The molecular formula is C15H18BrN3O. The number of nitrogens with zero attached hydrogens (tertiary/aromatic N) is 1. The molecule has 0 aliphatic heterocycles. The third kappa shape index (κ3) is 3.56. The van der Waals surface area contributed by atoms with Gasteiger partial charge in [0.1, 0.15) is 5.75 Å². The van der Waals surface area contributed by atoms with Crippen LogP contribution in [0, 0.1) is 6.92 Å². The molecule has 106 valence electrons. The van der Waals surface area contributed by atoms with Gasteiger partial charge in [0.05, 0.1) is 23.3 Å². The minimum Gasteiger partial charge on any atom is -0.496 e. The first-order valence-corrected chi connectivity index (χ1v) is 7.15. The lowest BCUT2D eigenvalue weighted by molar-refractivity contribution is 0.412. The lowest BCUT2D eigenvalue weighted by Gasteiger charge is -2.16. The molecule has 0 aliphatic carbocycles. The van der Waals surface area contributed by atoms with Crippen molar-refractivity contribution in [2.75, 3.05) is 7.11 Å². The molecule has 1 atom stereocenters. The third-order valence-electron chi connectivity index (χ3n) is 3.12. The topological polar surface area (TPSA) is 60.2 Å². The van der Waals surface area contributed by atoms with Crippen molar-refractivity contribution in [3.05, 3.63) is 57.8 Å². The van der Waals surface area contributed by atoms with Gasteiger partial charge >= 0.3 is 0 Å². The minimum atomic E-state index is -0.0183. The molecule has 0 spiro atoms. The van der Waals surface area contributed by atoms with Crippen LogP contribution < -0.4 is 16.0 Å². The molecular weight excluding hydrogens is 318 g/mol. The Hall–Kier alpha value is -1.43. The number of hydrazine groups is 1. The highest BCUT2D eigenvalue weighted by molar-refractivity contribution is 9.10. The first kappa shape index (κ1) is 15.0. The summed E-state index contributed by atoms with van der Waals surface area (Å²) in [7, 11) is 1.65. The molecule has 0 amide bonds. The van der Waals surface area contributed by atoms with Crippen LogP contribution in [0.4, 0.5) is 0 Å². The number of rotatable bonds is 5. The Labute approximate surface area is 127 Å². The van der Waals surface area contributed by atoms with Gasteiger partial charge in [0.25, 0.3) is 0 Å². The van der Waals surface area contributed by atoms with E-state index < -0.39 is 0 Å². The van der Waals surface area contributed by atoms with E-state index in [9.17, 15) is 0 Å². The molecule has 5 heteroatoms. The van der Waals surface area contributed by atoms with E-state index >= 15 is 0 Å². The summed E-state index contributed by atoms with van der Waals surface area (Å²) in [5.41, 5.74) is 5.92. The molecule has 2 rings (SSSR count). The molecule has 1 unspecified atom stereocenters. The Morgan fingerprint density at radius 1 is 1.35 bits per heavy atom. The van der Waals surface area contributed by atoms with Crippen molar-refractivity contribution in [1.29, 1.82) is 0 Å². The smallest absolute Gasteiger partial charge is 0.133 e. The number of benzene rings is 1. The zero-order valence-corrected chi connectivity index (χ0v) is 13.1. The summed E-state index contributed by atoms with van der Waals surface area (Å²) in [6.07, 6.45) is 0.759. The standard InChI is InChI=1S/C15H18BrN3O/c1-10-4-3-5-13(18-10)14(19-17)9-11-6-7-15(20-2)12(16)8-11/h3-8,14,19H,9,17H2,1-2H3. The van der Waals surface area contributed by atoms with Crippen LogP contribution in [-0.2, 0) is 6.42 Å². The number of nitrogens with one attached hydrogen (secondary N) is 1. The number of hydrogen-bond donors (Lipinski definition) is 2. The molecule has 0 aliphatic rings. The lowest BCUT2D eigenvalue weighted by atomic mass is 10.0. The van der Waals surface area contributed by atoms with Crippen LogP contribution in [0.2, 0.25) is 0 Å². The van der Waals surface area contributed by atoms with E-state index in [0.717, 1.165) is 33.6 Å². The lowest BCUT2D eigenvalue weighted by Crippen LogP contribution is -2.30. The number of aromatic nitrogens is 1. The molecule has 3 N–H and O–H groups in total. The number of hydrogen-bond acceptors (Lipinski definition) is 4. The number of halogens is 1. The zero-order valence-electron chi connectivity index (χ0n) is 11.6. The molecule has 0 fully saturated rings. The summed E-state index contributed by atoms with van der Waals surface area (Å²) >= 11 is 3.49. The predicted molar refractivity (Wildman–Crippen MR) is 83.4 cm³/mol. The van der Waals surface area contributed by atoms with Crippen LogP contribution in [0.3, 0.4) is 0 Å². The van der Waals surface area contributed by atoms with Gasteiger partial charge in [-0.15, -0.1) is 0 Å². The highest BCUT2D eigenvalue weighted by Gasteiger charge is 2.13. The Morgan fingerprint density at radius 2 is 2.15 bits per heavy atom. The number of ether oxygens (including phenoxy) is 1. The van der Waals surface area contributed by atoms with E-state index in [-0.39, 0.29) is 6.04 Å². The minimum absolute atomic E-state index is 0.0183. The first-order valence-electron chi connectivity index (χ1n) is 6.36. The molecule has 0 bridgehead atoms. The summed E-state index contributed by atoms with van der Waals surface area (Å²) in [4.78, 5) is 4.52. The fourth-order valence-electron chi connectivity index (χ4n) is 2.08. The SMILES string of the molecule is COc1ccc(CC(NN)c2cccc(C)n2)cc1Br. The van der Waals surface area contributed by atoms with Gasteiger partial charge in [-0.3, -0.25) is 16.3 Å². The fraction of sp³-hybridized carbons (Fsp3) is 0.267. The number of nitrogens with two attached hydrogens (primary N) is 1. The van der Waals surface area contributed by atoms with Gasteiger partial charge in [0, 0.05) is 5.69 Å². The van der Waals surface area contributed by atoms with Crippen LogP contribution >= 0.6 is 15.9 Å². The van der Waals surface area contributed by atoms with Crippen molar-refractivity contribution < 1.29 is 4.74 Å². The van der Waals surface area contributed by atoms with Crippen molar-refractivity contribution in [2.45, 2.75) is 19.4 Å². The Bertz CT molecular complexity index is 589. The van der Waals surface area contributed by atoms with E-state index in [2.05, 4.69) is 26.3 Å². The van der Waals surface area contributed by atoms with Crippen LogP contribution in [0.15, 0.2) is 40.9 Å². The van der Waals surface area contributed by atoms with E-state index in [0.29, 0.717) is 0 Å². The number of methoxy groups -OCH3 is 1. The van der Waals surface area contributed by atoms with Crippen LogP contribution in [0.25, 0.3) is 0 Å². The summed E-state index contributed by atoms with van der Waals surface area (Å²) in [6, 6.07) is 11.9. The van der Waals surface area contributed by atoms with Crippen LogP contribution in [0.1, 0.15) is 23.0 Å². The van der Waals surface area contributed by atoms with Crippen LogP contribution in [-0.4, -0.2) is 12.1 Å². The maximum absolute atomic E-state index is 5.67. The number of aryl methyl sites for hydroxylation is 1. The van der Waals surface area contributed by atoms with E-state index in [4.69, 9.17) is 10.6 Å². The van der Waals surface area contributed by atoms with E-state index in [1.807, 2.05) is 43.3 Å². The second-order valence-electron chi connectivity index (χ2n) is 4.60. The van der Waals surface area contributed by atoms with Gasteiger partial charge in [-0.05, 0) is 59.1 Å². The zero-order chi connectivity index (χ0) is 14.5. The second-order valence-corrected chi connectivity index (χ2v) is 5.45. The van der Waals surface area contributed by atoms with Gasteiger partial charge in [-0.25, -0.2) is 0 Å². The highest BCUT2D eigenvalue weighted by atomic mass is 79.9. The second kappa shape index (κ2) is 6.83. The van der Waals surface area contributed by atoms with Gasteiger partial charge in [-0.2, -0.15) is 0 Å². The molecule has 2 aromatic rings. The average Bonchev–Trinajstić information content (AvgIpc) is 2.45. The van der Waals surface area contributed by atoms with Crippen molar-refractivity contribution in [3.63, 3.8) is 0 Å². The first-order chi connectivity index (χ1) is 9.63. The van der Waals surface area contributed by atoms with Gasteiger partial charge < -0.3 is 4.74 Å². The van der Waals surface area contributed by atoms with Crippen molar-refractivity contribution >= 4 is 15.9 Å². The van der Waals surface area contributed by atoms with E-state index in [1.165, 1.54) is 0 Å². The van der Waals surface area contributed by atoms with Gasteiger partial charge in [0.15, 0.2) is 0 Å². The molecule has 1 aromatic carbocycles. The highest BCUT2D eigenvalue weighted by Crippen LogP contribution is 2.27. The summed E-state index contributed by atoms with van der Waals surface area (Å²) in [6.45, 7) is 1.97. The molecule has 1 heterocycles. The molecule has 4 nitrogen and oxygen atoms in total. The third-order valence-corrected chi connectivity index (χ3v) is 3.74. The Morgan fingerprint density at radius 3 is 2.75 bits per heavy atom. The molecule has 0 saturated heterocycles. The Kier molecular flexibility index (Phi) is 5.11. The molecule has 1 aromatic heterocycles. The summed E-state index contributed by atoms with van der Waals surface area (Å²) in [5, 5.41) is 0. The number of pyridine rings is 1. The average molecular weight is 336 g/mol. The van der Waals surface area contributed by atoms with Crippen molar-refractivity contribution in [1.82, 2.24) is 10.4 Å². The van der Waals surface area contributed by atoms with E-state index in [1.54, 1.807) is 7.11 Å². The summed E-state index contributed by atoms with van der Waals surface area (Å²) in [5.74, 6) is 6.49. The van der Waals surface area contributed by atoms with Gasteiger partial charge in [0.2, 0.25) is 0 Å². The fourth-order valence-corrected chi connectivity index (χ4v) is 2.67. The molecule has 0 radical (unpaired) electrons. The monoisotopic (exact) mass is 335 g/mol. The predicted octanol–water partition coefficient (Wildman–Crippen LogP) is 2.91. The van der Waals surface area contributed by atoms with Crippen molar-refractivity contribution in [2.24, 2.45) is 5.84 Å². The van der Waals surface area contributed by atoms with Crippen molar-refractivity contribution in [3.8, 4) is 5.75 Å². The normalized spacial score (nSPS) is 12.2. The maximum atomic E-state index is 5.67. The summed E-state index contributed by atoms with van der Waals surface area (Å²) < 4.78 is 6.17. The Balaban J connectivity index is 2.20. The molecule has 0 saturated carbocycles. The maximum Gasteiger partial charge on any atom is 0.133 e.